The molecule has 1 atom stereocenters. The van der Waals surface area contributed by atoms with Crippen LogP contribution < -0.4 is 10.2 Å². The van der Waals surface area contributed by atoms with Crippen molar-refractivity contribution in [3.05, 3.63) is 30.1 Å². The fraction of sp³-hybridized carbons (Fsp3) is 0.357. The van der Waals surface area contributed by atoms with Crippen LogP contribution in [0.2, 0.25) is 0 Å². The number of hydrogen-bond acceptors (Lipinski definition) is 4. The number of hydrogen-bond donors (Lipinski definition) is 1. The van der Waals surface area contributed by atoms with Crippen molar-refractivity contribution in [2.45, 2.75) is 18.9 Å². The lowest BCUT2D eigenvalue weighted by Crippen LogP contribution is -2.42. The van der Waals surface area contributed by atoms with Gasteiger partial charge in [-0.1, -0.05) is 6.07 Å². The lowest BCUT2D eigenvalue weighted by molar-refractivity contribution is -0.121. The molecule has 1 aliphatic rings. The standard InChI is InChI=1S/C14H16N4O2/c1-15-14(20)10-5-4-8-18(10)13-11(9-19)17-7-3-2-6-12(17)16-13/h2-3,6-7,9-10H,4-5,8H2,1H3,(H,15,20). The van der Waals surface area contributed by atoms with Gasteiger partial charge in [-0.25, -0.2) is 4.98 Å². The van der Waals surface area contributed by atoms with Gasteiger partial charge in [0.25, 0.3) is 0 Å². The molecule has 3 rings (SSSR count). The highest BCUT2D eigenvalue weighted by Crippen LogP contribution is 2.28. The van der Waals surface area contributed by atoms with E-state index in [1.807, 2.05) is 23.1 Å². The van der Waals surface area contributed by atoms with Crippen LogP contribution in [0.1, 0.15) is 23.3 Å². The fourth-order valence-corrected chi connectivity index (χ4v) is 2.78. The van der Waals surface area contributed by atoms with Crippen LogP contribution in [-0.4, -0.2) is 41.2 Å². The van der Waals surface area contributed by atoms with Crippen molar-refractivity contribution in [2.24, 2.45) is 0 Å². The van der Waals surface area contributed by atoms with Crippen molar-refractivity contribution in [2.75, 3.05) is 18.5 Å². The number of pyridine rings is 1. The summed E-state index contributed by atoms with van der Waals surface area (Å²) in [5, 5.41) is 2.67. The summed E-state index contributed by atoms with van der Waals surface area (Å²) in [6.45, 7) is 0.739. The van der Waals surface area contributed by atoms with Crippen LogP contribution in [0, 0.1) is 0 Å². The van der Waals surface area contributed by atoms with Crippen molar-refractivity contribution < 1.29 is 9.59 Å². The van der Waals surface area contributed by atoms with E-state index in [1.165, 1.54) is 0 Å². The van der Waals surface area contributed by atoms with E-state index in [1.54, 1.807) is 17.6 Å². The van der Waals surface area contributed by atoms with E-state index in [-0.39, 0.29) is 11.9 Å². The normalized spacial score (nSPS) is 18.4. The monoisotopic (exact) mass is 272 g/mol. The Morgan fingerprint density at radius 2 is 2.35 bits per heavy atom. The van der Waals surface area contributed by atoms with Crippen LogP contribution in [0.5, 0.6) is 0 Å². The van der Waals surface area contributed by atoms with Crippen molar-refractivity contribution in [1.82, 2.24) is 14.7 Å². The van der Waals surface area contributed by atoms with Crippen LogP contribution in [0.15, 0.2) is 24.4 Å². The van der Waals surface area contributed by atoms with Crippen molar-refractivity contribution in [1.29, 1.82) is 0 Å². The minimum Gasteiger partial charge on any atom is -0.357 e. The van der Waals surface area contributed by atoms with Gasteiger partial charge in [0.2, 0.25) is 5.91 Å². The number of carbonyl (C=O) groups is 2. The molecule has 0 bridgehead atoms. The number of rotatable bonds is 3. The predicted molar refractivity (Wildman–Crippen MR) is 75.0 cm³/mol. The Balaban J connectivity index is 2.09. The molecule has 0 aliphatic carbocycles. The van der Waals surface area contributed by atoms with E-state index in [0.717, 1.165) is 25.7 Å². The topological polar surface area (TPSA) is 66.7 Å². The molecule has 1 unspecified atom stereocenters. The molecule has 0 radical (unpaired) electrons. The molecule has 1 aliphatic heterocycles. The second-order valence-corrected chi connectivity index (χ2v) is 4.83. The van der Waals surface area contributed by atoms with Gasteiger partial charge in [-0.05, 0) is 25.0 Å². The Morgan fingerprint density at radius 3 is 3.10 bits per heavy atom. The van der Waals surface area contributed by atoms with Gasteiger partial charge in [0.15, 0.2) is 12.1 Å². The summed E-state index contributed by atoms with van der Waals surface area (Å²) >= 11 is 0. The number of aromatic nitrogens is 2. The molecule has 6 heteroatoms. The first-order valence-electron chi connectivity index (χ1n) is 6.66. The first-order chi connectivity index (χ1) is 9.76. The van der Waals surface area contributed by atoms with E-state index in [9.17, 15) is 9.59 Å². The number of fused-ring (bicyclic) bond motifs is 1. The van der Waals surface area contributed by atoms with Gasteiger partial charge in [-0.15, -0.1) is 0 Å². The lowest BCUT2D eigenvalue weighted by Gasteiger charge is -2.23. The summed E-state index contributed by atoms with van der Waals surface area (Å²) in [5.74, 6) is 0.564. The average Bonchev–Trinajstić information content (AvgIpc) is 3.09. The fourth-order valence-electron chi connectivity index (χ4n) is 2.78. The number of aldehydes is 1. The first-order valence-corrected chi connectivity index (χ1v) is 6.66. The molecule has 6 nitrogen and oxygen atoms in total. The number of amides is 1. The third-order valence-corrected chi connectivity index (χ3v) is 3.73. The minimum absolute atomic E-state index is 0.0311. The van der Waals surface area contributed by atoms with Crippen LogP contribution in [0.3, 0.4) is 0 Å². The molecule has 1 saturated heterocycles. The maximum absolute atomic E-state index is 11.9. The number of nitrogens with one attached hydrogen (secondary N) is 1. The van der Waals surface area contributed by atoms with Crippen LogP contribution in [0.25, 0.3) is 5.65 Å². The number of likely N-dealkylation sites (N-methyl/N-ethyl adjacent to an activating group) is 1. The second-order valence-electron chi connectivity index (χ2n) is 4.83. The maximum atomic E-state index is 11.9. The van der Waals surface area contributed by atoms with Crippen molar-refractivity contribution in [3.8, 4) is 0 Å². The summed E-state index contributed by atoms with van der Waals surface area (Å²) in [6.07, 6.45) is 4.31. The molecule has 0 aromatic carbocycles. The first kappa shape index (κ1) is 12.7. The van der Waals surface area contributed by atoms with Gasteiger partial charge >= 0.3 is 0 Å². The Bertz CT molecular complexity index is 664. The SMILES string of the molecule is CNC(=O)C1CCCN1c1nc2ccccn2c1C=O. The highest BCUT2D eigenvalue weighted by Gasteiger charge is 2.33. The van der Waals surface area contributed by atoms with Gasteiger partial charge in [-0.3, -0.25) is 14.0 Å². The van der Waals surface area contributed by atoms with Gasteiger partial charge in [0.1, 0.15) is 17.4 Å². The molecule has 2 aromatic rings. The second kappa shape index (κ2) is 4.96. The smallest absolute Gasteiger partial charge is 0.242 e. The maximum Gasteiger partial charge on any atom is 0.242 e. The Morgan fingerprint density at radius 1 is 1.50 bits per heavy atom. The molecule has 20 heavy (non-hydrogen) atoms. The molecular formula is C14H16N4O2. The summed E-state index contributed by atoms with van der Waals surface area (Å²) in [7, 11) is 1.63. The molecule has 0 spiro atoms. The van der Waals surface area contributed by atoms with Crippen LogP contribution in [-0.2, 0) is 4.79 Å². The van der Waals surface area contributed by atoms with Crippen LogP contribution in [0.4, 0.5) is 5.82 Å². The average molecular weight is 272 g/mol. The van der Waals surface area contributed by atoms with Crippen LogP contribution >= 0.6 is 0 Å². The highest BCUT2D eigenvalue weighted by atomic mass is 16.2. The Labute approximate surface area is 116 Å². The van der Waals surface area contributed by atoms with E-state index in [0.29, 0.717) is 17.2 Å². The molecule has 1 fully saturated rings. The molecule has 1 N–H and O–H groups in total. The zero-order valence-corrected chi connectivity index (χ0v) is 11.2. The molecule has 2 aromatic heterocycles. The summed E-state index contributed by atoms with van der Waals surface area (Å²) in [5.41, 5.74) is 1.21. The Kier molecular flexibility index (Phi) is 3.14. The van der Waals surface area contributed by atoms with E-state index >= 15 is 0 Å². The minimum atomic E-state index is -0.247. The number of carbonyl (C=O) groups excluding carboxylic acids is 2. The highest BCUT2D eigenvalue weighted by molar-refractivity contribution is 5.89. The van der Waals surface area contributed by atoms with E-state index in [2.05, 4.69) is 10.3 Å². The van der Waals surface area contributed by atoms with Crippen molar-refractivity contribution >= 4 is 23.7 Å². The van der Waals surface area contributed by atoms with E-state index in [4.69, 9.17) is 0 Å². The molecule has 0 saturated carbocycles. The zero-order valence-electron chi connectivity index (χ0n) is 11.2. The third-order valence-electron chi connectivity index (χ3n) is 3.73. The molecule has 1 amide bonds. The van der Waals surface area contributed by atoms with E-state index < -0.39 is 0 Å². The molecular weight excluding hydrogens is 256 g/mol. The largest absolute Gasteiger partial charge is 0.357 e. The third kappa shape index (κ3) is 1.84. The number of imidazole rings is 1. The Hall–Kier alpha value is -2.37. The summed E-state index contributed by atoms with van der Waals surface area (Å²) in [4.78, 5) is 29.8. The quantitative estimate of drug-likeness (QED) is 0.842. The number of anilines is 1. The van der Waals surface area contributed by atoms with Gasteiger partial charge in [0.05, 0.1) is 0 Å². The molecule has 3 heterocycles. The zero-order chi connectivity index (χ0) is 14.1. The predicted octanol–water partition coefficient (Wildman–Crippen LogP) is 0.862. The lowest BCUT2D eigenvalue weighted by atomic mass is 10.2. The van der Waals surface area contributed by atoms with Gasteiger partial charge in [0, 0.05) is 19.8 Å². The van der Waals surface area contributed by atoms with Gasteiger partial charge < -0.3 is 10.2 Å². The summed E-state index contributed by atoms with van der Waals surface area (Å²) in [6, 6.07) is 5.33. The number of nitrogens with zero attached hydrogens (tertiary/aromatic N) is 3. The van der Waals surface area contributed by atoms with Gasteiger partial charge in [-0.2, -0.15) is 0 Å². The summed E-state index contributed by atoms with van der Waals surface area (Å²) < 4.78 is 1.75. The molecule has 104 valence electrons. The van der Waals surface area contributed by atoms with Crippen molar-refractivity contribution in [3.63, 3.8) is 0 Å².